The van der Waals surface area contributed by atoms with E-state index in [4.69, 9.17) is 20.9 Å². The third kappa shape index (κ3) is 3.69. The first-order chi connectivity index (χ1) is 16.8. The van der Waals surface area contributed by atoms with Crippen LogP contribution in [-0.2, 0) is 19.9 Å². The Balaban J connectivity index is 1.73. The number of nitrogens with two attached hydrogens (primary N) is 2. The summed E-state index contributed by atoms with van der Waals surface area (Å²) >= 11 is 0. The molecule has 10 heteroatoms. The highest BCUT2D eigenvalue weighted by molar-refractivity contribution is 5.90. The summed E-state index contributed by atoms with van der Waals surface area (Å²) in [5.74, 6) is -1.37. The lowest BCUT2D eigenvalue weighted by Gasteiger charge is -2.38. The molecule has 0 saturated heterocycles. The maximum atomic E-state index is 12.4. The molecule has 1 aliphatic carbocycles. The van der Waals surface area contributed by atoms with Gasteiger partial charge in [-0.2, -0.15) is 0 Å². The van der Waals surface area contributed by atoms with Crippen LogP contribution in [-0.4, -0.2) is 45.2 Å². The van der Waals surface area contributed by atoms with Gasteiger partial charge in [0.25, 0.3) is 0 Å². The van der Waals surface area contributed by atoms with Gasteiger partial charge in [-0.1, -0.05) is 12.1 Å². The van der Waals surface area contributed by atoms with Crippen LogP contribution in [0, 0.1) is 5.92 Å². The van der Waals surface area contributed by atoms with Crippen LogP contribution < -0.4 is 11.5 Å². The van der Waals surface area contributed by atoms with Crippen LogP contribution >= 0.6 is 0 Å². The van der Waals surface area contributed by atoms with Crippen molar-refractivity contribution >= 4 is 45.2 Å². The average Bonchev–Trinajstić information content (AvgIpc) is 2.87. The van der Waals surface area contributed by atoms with Crippen LogP contribution in [0.5, 0.6) is 0 Å². The van der Waals surface area contributed by atoms with E-state index in [-0.39, 0.29) is 11.9 Å². The van der Waals surface area contributed by atoms with Gasteiger partial charge in [0, 0.05) is 35.8 Å². The minimum absolute atomic E-state index is 0.157. The van der Waals surface area contributed by atoms with Gasteiger partial charge in [0.15, 0.2) is 0 Å². The fourth-order valence-corrected chi connectivity index (χ4v) is 4.47. The van der Waals surface area contributed by atoms with Gasteiger partial charge in [0.05, 0.1) is 18.1 Å². The Hall–Kier alpha value is -4.57. The van der Waals surface area contributed by atoms with Crippen LogP contribution in [0.4, 0.5) is 11.9 Å². The number of carboxylic acid groups (broad SMARTS) is 1. The molecule has 0 spiro atoms. The molecule has 0 aliphatic heterocycles. The Morgan fingerprint density at radius 3 is 2.20 bits per heavy atom. The molecule has 0 radical (unpaired) electrons. The molecule has 4 aromatic rings. The maximum absolute atomic E-state index is 12.4. The predicted octanol–water partition coefficient (Wildman–Crippen LogP) is 2.91. The first-order valence-electron chi connectivity index (χ1n) is 10.7. The Bertz CT molecular complexity index is 1550. The van der Waals surface area contributed by atoms with Crippen molar-refractivity contribution in [3.8, 4) is 0 Å². The standard InChI is InChI=1S/C25H22N6O4/c1-34-21-9-18(22(32)33)25(35-2,16-4-6-20-15(8-16)12-29-24(27)31-20)10-17(21)13-3-5-19-14(7-13)11-28-23(26)30-19/h3-12,18H,1-2H3,(H,32,33)(H2,26,28,30)(H2,27,29,31). The monoisotopic (exact) mass is 470 g/mol. The van der Waals surface area contributed by atoms with E-state index in [9.17, 15) is 9.90 Å². The Kier molecular flexibility index (Phi) is 5.29. The number of aliphatic carboxylic acids is 1. The summed E-state index contributed by atoms with van der Waals surface area (Å²) in [5.41, 5.74) is 13.5. The molecule has 5 N–H and O–H groups in total. The van der Waals surface area contributed by atoms with E-state index in [1.165, 1.54) is 14.2 Å². The van der Waals surface area contributed by atoms with Crippen LogP contribution in [0.1, 0.15) is 11.1 Å². The highest BCUT2D eigenvalue weighted by atomic mass is 16.5. The normalized spacial score (nSPS) is 19.9. The molecule has 2 heterocycles. The molecule has 0 amide bonds. The number of carboxylic acids is 1. The summed E-state index contributed by atoms with van der Waals surface area (Å²) in [6, 6.07) is 10.9. The molecule has 2 aromatic carbocycles. The number of nitrogen functional groups attached to an aromatic ring is 2. The second-order valence-electron chi connectivity index (χ2n) is 8.11. The van der Waals surface area contributed by atoms with Crippen molar-refractivity contribution in [2.24, 2.45) is 5.92 Å². The van der Waals surface area contributed by atoms with E-state index in [1.54, 1.807) is 36.7 Å². The smallest absolute Gasteiger partial charge is 0.314 e. The Morgan fingerprint density at radius 2 is 1.60 bits per heavy atom. The zero-order valence-corrected chi connectivity index (χ0v) is 19.0. The lowest BCUT2D eigenvalue weighted by Crippen LogP contribution is -2.41. The second-order valence-corrected chi connectivity index (χ2v) is 8.11. The van der Waals surface area contributed by atoms with Gasteiger partial charge in [-0.05, 0) is 47.5 Å². The molecular formula is C25H22N6O4. The number of anilines is 2. The van der Waals surface area contributed by atoms with E-state index in [1.807, 2.05) is 24.3 Å². The lowest BCUT2D eigenvalue weighted by molar-refractivity contribution is -0.148. The van der Waals surface area contributed by atoms with Gasteiger partial charge in [-0.25, -0.2) is 19.9 Å². The number of benzene rings is 2. The highest BCUT2D eigenvalue weighted by Crippen LogP contribution is 2.45. The Labute approximate surface area is 199 Å². The maximum Gasteiger partial charge on any atom is 0.314 e. The van der Waals surface area contributed by atoms with Crippen LogP contribution in [0.2, 0.25) is 0 Å². The molecular weight excluding hydrogens is 448 g/mol. The second kappa shape index (κ2) is 8.33. The summed E-state index contributed by atoms with van der Waals surface area (Å²) < 4.78 is 11.6. The van der Waals surface area contributed by atoms with Crippen LogP contribution in [0.25, 0.3) is 27.4 Å². The number of ether oxygens (including phenoxy) is 2. The first kappa shape index (κ1) is 22.2. The molecule has 35 heavy (non-hydrogen) atoms. The van der Waals surface area contributed by atoms with E-state index in [2.05, 4.69) is 19.9 Å². The summed E-state index contributed by atoms with van der Waals surface area (Å²) in [6.07, 6.45) is 6.58. The van der Waals surface area contributed by atoms with Crippen molar-refractivity contribution in [2.75, 3.05) is 25.7 Å². The van der Waals surface area contributed by atoms with E-state index in [0.717, 1.165) is 10.9 Å². The van der Waals surface area contributed by atoms with Crippen molar-refractivity contribution in [1.82, 2.24) is 19.9 Å². The highest BCUT2D eigenvalue weighted by Gasteiger charge is 2.46. The van der Waals surface area contributed by atoms with Crippen LogP contribution in [0.3, 0.4) is 0 Å². The average molecular weight is 470 g/mol. The number of nitrogens with zero attached hydrogens (tertiary/aromatic N) is 4. The van der Waals surface area contributed by atoms with E-state index < -0.39 is 17.5 Å². The third-order valence-electron chi connectivity index (χ3n) is 6.19. The van der Waals surface area contributed by atoms with Gasteiger partial charge in [0.2, 0.25) is 11.9 Å². The summed E-state index contributed by atoms with van der Waals surface area (Å²) in [6.45, 7) is 0. The van der Waals surface area contributed by atoms with E-state index >= 15 is 0 Å². The van der Waals surface area contributed by atoms with Gasteiger partial charge in [-0.15, -0.1) is 0 Å². The first-order valence-corrected chi connectivity index (χ1v) is 10.7. The SMILES string of the molecule is COC1=CC(C(=O)O)C(OC)(c2ccc3nc(N)ncc3c2)C=C1c1ccc2nc(N)ncc2c1. The van der Waals surface area contributed by atoms with Crippen molar-refractivity contribution in [2.45, 2.75) is 5.60 Å². The molecule has 5 rings (SSSR count). The molecule has 176 valence electrons. The van der Waals surface area contributed by atoms with Gasteiger partial charge in [0.1, 0.15) is 17.3 Å². The summed E-state index contributed by atoms with van der Waals surface area (Å²) in [7, 11) is 2.98. The number of rotatable bonds is 5. The number of hydrogen-bond donors (Lipinski definition) is 3. The molecule has 0 saturated carbocycles. The minimum atomic E-state index is -1.34. The van der Waals surface area contributed by atoms with Crippen molar-refractivity contribution in [3.63, 3.8) is 0 Å². The largest absolute Gasteiger partial charge is 0.496 e. The van der Waals surface area contributed by atoms with Crippen molar-refractivity contribution < 1.29 is 19.4 Å². The molecule has 0 bridgehead atoms. The summed E-state index contributed by atoms with van der Waals surface area (Å²) in [4.78, 5) is 29.0. The Morgan fingerprint density at radius 1 is 0.971 bits per heavy atom. The van der Waals surface area contributed by atoms with Crippen LogP contribution in [0.15, 0.2) is 66.7 Å². The van der Waals surface area contributed by atoms with Gasteiger partial charge >= 0.3 is 5.97 Å². The number of fused-ring (bicyclic) bond motifs is 2. The number of carbonyl (C=O) groups is 1. The van der Waals surface area contributed by atoms with Crippen molar-refractivity contribution in [1.29, 1.82) is 0 Å². The molecule has 2 atom stereocenters. The zero-order valence-electron chi connectivity index (χ0n) is 19.0. The minimum Gasteiger partial charge on any atom is -0.496 e. The fourth-order valence-electron chi connectivity index (χ4n) is 4.47. The molecule has 2 aromatic heterocycles. The molecule has 10 nitrogen and oxygen atoms in total. The zero-order chi connectivity index (χ0) is 24.7. The molecule has 2 unspecified atom stereocenters. The topological polar surface area (TPSA) is 159 Å². The third-order valence-corrected chi connectivity index (χ3v) is 6.19. The van der Waals surface area contributed by atoms with Gasteiger partial charge < -0.3 is 26.0 Å². The number of allylic oxidation sites excluding steroid dienone is 1. The number of methoxy groups -OCH3 is 2. The van der Waals surface area contributed by atoms with E-state index in [0.29, 0.717) is 33.3 Å². The summed E-state index contributed by atoms with van der Waals surface area (Å²) in [5, 5.41) is 11.7. The fraction of sp³-hybridized carbons (Fsp3) is 0.160. The molecule has 1 aliphatic rings. The number of hydrogen-bond acceptors (Lipinski definition) is 9. The van der Waals surface area contributed by atoms with Gasteiger partial charge in [-0.3, -0.25) is 4.79 Å². The quantitative estimate of drug-likeness (QED) is 0.396. The van der Waals surface area contributed by atoms with Crippen molar-refractivity contribution in [3.05, 3.63) is 77.8 Å². The predicted molar refractivity (Wildman–Crippen MR) is 131 cm³/mol. The molecule has 0 fully saturated rings. The number of aromatic nitrogens is 4. The lowest BCUT2D eigenvalue weighted by atomic mass is 9.74.